The molecule has 0 saturated carbocycles. The Morgan fingerprint density at radius 3 is 2.62 bits per heavy atom. The van der Waals surface area contributed by atoms with Crippen molar-refractivity contribution in [1.82, 2.24) is 5.32 Å². The van der Waals surface area contributed by atoms with Crippen molar-refractivity contribution >= 4 is 5.91 Å². The SMILES string of the molecule is Cc1ccc(C(=O)NC(C)C(C)(C)C)cc1C#CCCO. The van der Waals surface area contributed by atoms with Crippen LogP contribution in [-0.4, -0.2) is 23.7 Å². The molecule has 1 amide bonds. The molecule has 0 aliphatic carbocycles. The molecule has 0 radical (unpaired) electrons. The summed E-state index contributed by atoms with van der Waals surface area (Å²) >= 11 is 0. The average molecular weight is 287 g/mol. The predicted molar refractivity (Wildman–Crippen MR) is 86.1 cm³/mol. The zero-order valence-electron chi connectivity index (χ0n) is 13.6. The van der Waals surface area contributed by atoms with Crippen LogP contribution in [0.2, 0.25) is 0 Å². The van der Waals surface area contributed by atoms with Gasteiger partial charge in [-0.2, -0.15) is 0 Å². The molecule has 0 aliphatic heterocycles. The minimum Gasteiger partial charge on any atom is -0.395 e. The lowest BCUT2D eigenvalue weighted by Crippen LogP contribution is -2.41. The van der Waals surface area contributed by atoms with E-state index in [0.717, 1.165) is 11.1 Å². The van der Waals surface area contributed by atoms with Crippen molar-refractivity contribution in [2.24, 2.45) is 5.41 Å². The van der Waals surface area contributed by atoms with E-state index in [4.69, 9.17) is 5.11 Å². The Balaban J connectivity index is 2.92. The Morgan fingerprint density at radius 2 is 2.05 bits per heavy atom. The Kier molecular flexibility index (Phi) is 5.99. The second kappa shape index (κ2) is 7.28. The fourth-order valence-electron chi connectivity index (χ4n) is 1.61. The molecule has 3 nitrogen and oxygen atoms in total. The van der Waals surface area contributed by atoms with Crippen LogP contribution in [0.4, 0.5) is 0 Å². The van der Waals surface area contributed by atoms with Crippen molar-refractivity contribution < 1.29 is 9.90 Å². The first kappa shape index (κ1) is 17.3. The minimum absolute atomic E-state index is 0.0180. The molecule has 3 heteroatoms. The van der Waals surface area contributed by atoms with E-state index in [1.807, 2.05) is 32.0 Å². The molecule has 0 aromatic heterocycles. The third-order valence-electron chi connectivity index (χ3n) is 3.61. The zero-order valence-corrected chi connectivity index (χ0v) is 13.6. The number of aliphatic hydroxyl groups excluding tert-OH is 1. The molecule has 1 aromatic carbocycles. The minimum atomic E-state index is -0.0809. The van der Waals surface area contributed by atoms with E-state index in [2.05, 4.69) is 37.9 Å². The van der Waals surface area contributed by atoms with Gasteiger partial charge in [-0.1, -0.05) is 38.7 Å². The molecular weight excluding hydrogens is 262 g/mol. The number of carbonyl (C=O) groups is 1. The number of hydrogen-bond acceptors (Lipinski definition) is 2. The summed E-state index contributed by atoms with van der Waals surface area (Å²) in [6.45, 7) is 10.3. The summed E-state index contributed by atoms with van der Waals surface area (Å²) in [6.07, 6.45) is 0.441. The van der Waals surface area contributed by atoms with Gasteiger partial charge in [-0.15, -0.1) is 0 Å². The number of nitrogens with one attached hydrogen (secondary N) is 1. The fraction of sp³-hybridized carbons (Fsp3) is 0.500. The van der Waals surface area contributed by atoms with E-state index >= 15 is 0 Å². The number of benzene rings is 1. The average Bonchev–Trinajstić information content (AvgIpc) is 2.39. The highest BCUT2D eigenvalue weighted by Gasteiger charge is 2.22. The van der Waals surface area contributed by atoms with Crippen LogP contribution in [0.1, 0.15) is 55.6 Å². The van der Waals surface area contributed by atoms with Crippen LogP contribution in [0.25, 0.3) is 0 Å². The van der Waals surface area contributed by atoms with E-state index in [-0.39, 0.29) is 24.0 Å². The quantitative estimate of drug-likeness (QED) is 0.840. The van der Waals surface area contributed by atoms with Crippen molar-refractivity contribution in [2.45, 2.75) is 47.1 Å². The van der Waals surface area contributed by atoms with Gasteiger partial charge in [-0.05, 0) is 37.0 Å². The lowest BCUT2D eigenvalue weighted by atomic mass is 9.88. The van der Waals surface area contributed by atoms with E-state index in [1.165, 1.54) is 0 Å². The van der Waals surface area contributed by atoms with Crippen LogP contribution < -0.4 is 5.32 Å². The van der Waals surface area contributed by atoms with Gasteiger partial charge in [0.05, 0.1) is 6.61 Å². The van der Waals surface area contributed by atoms with Crippen LogP contribution in [0.3, 0.4) is 0 Å². The second-order valence-electron chi connectivity index (χ2n) is 6.37. The molecule has 0 saturated heterocycles. The second-order valence-corrected chi connectivity index (χ2v) is 6.37. The molecule has 2 N–H and O–H groups in total. The van der Waals surface area contributed by atoms with Gasteiger partial charge in [-0.3, -0.25) is 4.79 Å². The number of hydrogen-bond donors (Lipinski definition) is 2. The van der Waals surface area contributed by atoms with Gasteiger partial charge in [0.1, 0.15) is 0 Å². The summed E-state index contributed by atoms with van der Waals surface area (Å²) in [4.78, 5) is 12.3. The number of rotatable bonds is 3. The van der Waals surface area contributed by atoms with Crippen molar-refractivity contribution in [3.8, 4) is 11.8 Å². The van der Waals surface area contributed by atoms with E-state index in [1.54, 1.807) is 0 Å². The summed E-state index contributed by atoms with van der Waals surface area (Å²) in [6, 6.07) is 5.61. The lowest BCUT2D eigenvalue weighted by Gasteiger charge is -2.28. The Bertz CT molecular complexity index is 559. The first-order valence-corrected chi connectivity index (χ1v) is 7.27. The third kappa shape index (κ3) is 5.24. The predicted octanol–water partition coefficient (Wildman–Crippen LogP) is 2.89. The number of amides is 1. The monoisotopic (exact) mass is 287 g/mol. The van der Waals surface area contributed by atoms with Crippen molar-refractivity contribution in [3.63, 3.8) is 0 Å². The summed E-state index contributed by atoms with van der Waals surface area (Å²) in [5.74, 6) is 5.81. The topological polar surface area (TPSA) is 49.3 Å². The highest BCUT2D eigenvalue weighted by Crippen LogP contribution is 2.19. The van der Waals surface area contributed by atoms with Gasteiger partial charge in [0.15, 0.2) is 0 Å². The number of carbonyl (C=O) groups excluding carboxylic acids is 1. The van der Waals surface area contributed by atoms with Crippen molar-refractivity contribution in [1.29, 1.82) is 0 Å². The van der Waals surface area contributed by atoms with Crippen molar-refractivity contribution in [3.05, 3.63) is 34.9 Å². The Morgan fingerprint density at radius 1 is 1.38 bits per heavy atom. The standard InChI is InChI=1S/C18H25NO2/c1-13-9-10-16(12-15(13)8-6-7-11-20)17(21)19-14(2)18(3,4)5/h9-10,12,14,20H,7,11H2,1-5H3,(H,19,21). The van der Waals surface area contributed by atoms with E-state index in [9.17, 15) is 4.79 Å². The van der Waals surface area contributed by atoms with Gasteiger partial charge >= 0.3 is 0 Å². The number of aryl methyl sites for hydroxylation is 1. The molecule has 0 bridgehead atoms. The smallest absolute Gasteiger partial charge is 0.251 e. The maximum atomic E-state index is 12.3. The van der Waals surface area contributed by atoms with Crippen LogP contribution >= 0.6 is 0 Å². The molecule has 1 rings (SSSR count). The summed E-state index contributed by atoms with van der Waals surface area (Å²) in [7, 11) is 0. The lowest BCUT2D eigenvalue weighted by molar-refractivity contribution is 0.0910. The fourth-order valence-corrected chi connectivity index (χ4v) is 1.61. The van der Waals surface area contributed by atoms with Crippen LogP contribution in [0.15, 0.2) is 18.2 Å². The molecule has 0 aliphatic rings. The summed E-state index contributed by atoms with van der Waals surface area (Å²) < 4.78 is 0. The highest BCUT2D eigenvalue weighted by atomic mass is 16.2. The van der Waals surface area contributed by atoms with Crippen LogP contribution in [0.5, 0.6) is 0 Å². The summed E-state index contributed by atoms with van der Waals surface area (Å²) in [5, 5.41) is 11.8. The van der Waals surface area contributed by atoms with Gasteiger partial charge < -0.3 is 10.4 Å². The first-order valence-electron chi connectivity index (χ1n) is 7.27. The molecule has 0 heterocycles. The molecule has 0 spiro atoms. The first-order chi connectivity index (χ1) is 9.75. The molecule has 1 unspecified atom stereocenters. The van der Waals surface area contributed by atoms with Gasteiger partial charge in [0, 0.05) is 23.6 Å². The van der Waals surface area contributed by atoms with Crippen LogP contribution in [0, 0.1) is 24.2 Å². The Labute approximate surface area is 127 Å². The molecule has 114 valence electrons. The van der Waals surface area contributed by atoms with Gasteiger partial charge in [0.2, 0.25) is 0 Å². The van der Waals surface area contributed by atoms with Gasteiger partial charge in [0.25, 0.3) is 5.91 Å². The van der Waals surface area contributed by atoms with E-state index < -0.39 is 0 Å². The Hall–Kier alpha value is -1.79. The zero-order chi connectivity index (χ0) is 16.0. The molecular formula is C18H25NO2. The maximum Gasteiger partial charge on any atom is 0.251 e. The third-order valence-corrected chi connectivity index (χ3v) is 3.61. The molecule has 21 heavy (non-hydrogen) atoms. The highest BCUT2D eigenvalue weighted by molar-refractivity contribution is 5.94. The maximum absolute atomic E-state index is 12.3. The van der Waals surface area contributed by atoms with Crippen molar-refractivity contribution in [2.75, 3.05) is 6.61 Å². The number of aliphatic hydroxyl groups is 1. The molecule has 0 fully saturated rings. The van der Waals surface area contributed by atoms with Gasteiger partial charge in [-0.25, -0.2) is 0 Å². The largest absolute Gasteiger partial charge is 0.395 e. The van der Waals surface area contributed by atoms with E-state index in [0.29, 0.717) is 12.0 Å². The van der Waals surface area contributed by atoms with Crippen LogP contribution in [-0.2, 0) is 0 Å². The summed E-state index contributed by atoms with van der Waals surface area (Å²) in [5.41, 5.74) is 2.50. The molecule has 1 aromatic rings. The normalized spacial score (nSPS) is 12.3. The molecule has 1 atom stereocenters.